The number of benzene rings is 1. The smallest absolute Gasteiger partial charge is 0.222 e. The van der Waals surface area contributed by atoms with Crippen LogP contribution in [0.1, 0.15) is 43.7 Å². The van der Waals surface area contributed by atoms with Gasteiger partial charge in [0, 0.05) is 38.5 Å². The molecule has 0 bridgehead atoms. The molecule has 0 aromatic heterocycles. The number of nitrogens with zero attached hydrogens (tertiary/aromatic N) is 1. The van der Waals surface area contributed by atoms with Gasteiger partial charge in [0.25, 0.3) is 0 Å². The van der Waals surface area contributed by atoms with E-state index in [9.17, 15) is 9.59 Å². The molecule has 1 aliphatic heterocycles. The van der Waals surface area contributed by atoms with Crippen LogP contribution < -0.4 is 11.1 Å². The first-order valence-electron chi connectivity index (χ1n) is 7.92. The molecule has 1 fully saturated rings. The van der Waals surface area contributed by atoms with E-state index >= 15 is 0 Å². The Morgan fingerprint density at radius 1 is 1.39 bits per heavy atom. The number of hydrogen-bond acceptors (Lipinski definition) is 3. The van der Waals surface area contributed by atoms with Crippen LogP contribution in [-0.2, 0) is 22.7 Å². The Hall–Kier alpha value is -1.59. The first-order valence-corrected chi connectivity index (χ1v) is 7.92. The van der Waals surface area contributed by atoms with Crippen LogP contribution >= 0.6 is 12.4 Å². The van der Waals surface area contributed by atoms with Crippen LogP contribution in [0.2, 0.25) is 0 Å². The van der Waals surface area contributed by atoms with Crippen molar-refractivity contribution in [2.45, 2.75) is 51.7 Å². The average Bonchev–Trinajstić information content (AvgIpc) is 2.88. The van der Waals surface area contributed by atoms with Crippen molar-refractivity contribution in [1.82, 2.24) is 10.2 Å². The number of likely N-dealkylation sites (tertiary alicyclic amines) is 1. The van der Waals surface area contributed by atoms with Crippen LogP contribution in [-0.4, -0.2) is 29.3 Å². The van der Waals surface area contributed by atoms with Gasteiger partial charge in [-0.15, -0.1) is 12.4 Å². The number of halogens is 1. The van der Waals surface area contributed by atoms with Gasteiger partial charge in [-0.25, -0.2) is 0 Å². The topological polar surface area (TPSA) is 75.4 Å². The molecular formula is C17H26ClN3O2. The molecular weight excluding hydrogens is 314 g/mol. The lowest BCUT2D eigenvalue weighted by atomic mass is 10.1. The highest BCUT2D eigenvalue weighted by atomic mass is 35.5. The summed E-state index contributed by atoms with van der Waals surface area (Å²) in [6.45, 7) is 3.92. The van der Waals surface area contributed by atoms with Gasteiger partial charge in [0.2, 0.25) is 11.8 Å². The number of hydrogen-bond donors (Lipinski definition) is 2. The summed E-state index contributed by atoms with van der Waals surface area (Å²) in [4.78, 5) is 25.3. The summed E-state index contributed by atoms with van der Waals surface area (Å²) in [6, 6.07) is 8.08. The monoisotopic (exact) mass is 339 g/mol. The van der Waals surface area contributed by atoms with E-state index in [0.717, 1.165) is 24.1 Å². The summed E-state index contributed by atoms with van der Waals surface area (Å²) in [5, 5.41) is 2.91. The van der Waals surface area contributed by atoms with Crippen molar-refractivity contribution in [2.24, 2.45) is 5.73 Å². The third kappa shape index (κ3) is 6.59. The lowest BCUT2D eigenvalue weighted by Crippen LogP contribution is -2.26. The molecule has 5 nitrogen and oxygen atoms in total. The fourth-order valence-corrected chi connectivity index (χ4v) is 2.58. The standard InChI is InChI=1S/C17H25N3O2.ClH/c1-13(18)7-8-16(21)19-11-14-4-2-5-15(10-14)12-20-9-3-6-17(20)22;/h2,4-5,10,13H,3,6-9,11-12,18H2,1H3,(H,19,21);1H. The Bertz CT molecular complexity index is 534. The second-order valence-corrected chi connectivity index (χ2v) is 6.03. The largest absolute Gasteiger partial charge is 0.352 e. The molecule has 3 N–H and O–H groups in total. The molecule has 0 radical (unpaired) electrons. The van der Waals surface area contributed by atoms with Crippen molar-refractivity contribution >= 4 is 24.2 Å². The van der Waals surface area contributed by atoms with Crippen molar-refractivity contribution in [2.75, 3.05) is 6.54 Å². The molecule has 2 rings (SSSR count). The van der Waals surface area contributed by atoms with Crippen LogP contribution in [0.15, 0.2) is 24.3 Å². The molecule has 1 heterocycles. The van der Waals surface area contributed by atoms with Crippen molar-refractivity contribution in [3.63, 3.8) is 0 Å². The maximum atomic E-state index is 11.7. The second-order valence-electron chi connectivity index (χ2n) is 6.03. The van der Waals surface area contributed by atoms with Gasteiger partial charge in [-0.3, -0.25) is 9.59 Å². The van der Waals surface area contributed by atoms with E-state index in [1.165, 1.54) is 0 Å². The predicted molar refractivity (Wildman–Crippen MR) is 93.1 cm³/mol. The number of carbonyl (C=O) groups excluding carboxylic acids is 2. The lowest BCUT2D eigenvalue weighted by molar-refractivity contribution is -0.128. The molecule has 128 valence electrons. The fraction of sp³-hybridized carbons (Fsp3) is 0.529. The van der Waals surface area contributed by atoms with Crippen molar-refractivity contribution in [3.05, 3.63) is 35.4 Å². The SMILES string of the molecule is CC(N)CCC(=O)NCc1cccc(CN2CCCC2=O)c1.Cl. The van der Waals surface area contributed by atoms with Crippen LogP contribution in [0.5, 0.6) is 0 Å². The van der Waals surface area contributed by atoms with Crippen molar-refractivity contribution in [3.8, 4) is 0 Å². The molecule has 1 aliphatic rings. The highest BCUT2D eigenvalue weighted by molar-refractivity contribution is 5.85. The van der Waals surface area contributed by atoms with Gasteiger partial charge in [-0.1, -0.05) is 24.3 Å². The van der Waals surface area contributed by atoms with Gasteiger partial charge < -0.3 is 16.0 Å². The lowest BCUT2D eigenvalue weighted by Gasteiger charge is -2.16. The number of carbonyl (C=O) groups is 2. The van der Waals surface area contributed by atoms with Gasteiger partial charge in [0.1, 0.15) is 0 Å². The summed E-state index contributed by atoms with van der Waals surface area (Å²) >= 11 is 0. The average molecular weight is 340 g/mol. The Morgan fingerprint density at radius 2 is 2.13 bits per heavy atom. The predicted octanol–water partition coefficient (Wildman–Crippen LogP) is 1.97. The Balaban J connectivity index is 0.00000264. The molecule has 0 spiro atoms. The van der Waals surface area contributed by atoms with E-state index in [2.05, 4.69) is 11.4 Å². The zero-order valence-corrected chi connectivity index (χ0v) is 14.4. The molecule has 0 saturated carbocycles. The second kappa shape index (κ2) is 9.53. The minimum Gasteiger partial charge on any atom is -0.352 e. The van der Waals surface area contributed by atoms with E-state index in [1.807, 2.05) is 30.0 Å². The van der Waals surface area contributed by atoms with Gasteiger partial charge in [-0.05, 0) is 30.9 Å². The summed E-state index contributed by atoms with van der Waals surface area (Å²) in [5.74, 6) is 0.257. The van der Waals surface area contributed by atoms with Crippen LogP contribution in [0, 0.1) is 0 Å². The van der Waals surface area contributed by atoms with Crippen molar-refractivity contribution < 1.29 is 9.59 Å². The highest BCUT2D eigenvalue weighted by Gasteiger charge is 2.19. The normalized spacial score (nSPS) is 15.2. The maximum absolute atomic E-state index is 11.7. The zero-order chi connectivity index (χ0) is 15.9. The molecule has 1 saturated heterocycles. The van der Waals surface area contributed by atoms with Crippen LogP contribution in [0.25, 0.3) is 0 Å². The summed E-state index contributed by atoms with van der Waals surface area (Å²) < 4.78 is 0. The quantitative estimate of drug-likeness (QED) is 0.797. The van der Waals surface area contributed by atoms with Crippen LogP contribution in [0.3, 0.4) is 0 Å². The van der Waals surface area contributed by atoms with E-state index in [1.54, 1.807) is 0 Å². The maximum Gasteiger partial charge on any atom is 0.222 e. The van der Waals surface area contributed by atoms with Crippen molar-refractivity contribution in [1.29, 1.82) is 0 Å². The third-order valence-corrected chi connectivity index (χ3v) is 3.85. The first kappa shape index (κ1) is 19.5. The molecule has 1 aromatic rings. The molecule has 0 aliphatic carbocycles. The molecule has 1 unspecified atom stereocenters. The molecule has 1 atom stereocenters. The molecule has 2 amide bonds. The number of amides is 2. The fourth-order valence-electron chi connectivity index (χ4n) is 2.58. The van der Waals surface area contributed by atoms with Gasteiger partial charge in [0.05, 0.1) is 0 Å². The molecule has 23 heavy (non-hydrogen) atoms. The third-order valence-electron chi connectivity index (χ3n) is 3.85. The molecule has 6 heteroatoms. The minimum atomic E-state index is 0. The summed E-state index contributed by atoms with van der Waals surface area (Å²) in [7, 11) is 0. The highest BCUT2D eigenvalue weighted by Crippen LogP contribution is 2.15. The van der Waals surface area contributed by atoms with Gasteiger partial charge in [-0.2, -0.15) is 0 Å². The Morgan fingerprint density at radius 3 is 2.78 bits per heavy atom. The summed E-state index contributed by atoms with van der Waals surface area (Å²) in [6.07, 6.45) is 2.77. The van der Waals surface area contributed by atoms with E-state index in [-0.39, 0.29) is 30.3 Å². The number of nitrogens with one attached hydrogen (secondary N) is 1. The van der Waals surface area contributed by atoms with Gasteiger partial charge >= 0.3 is 0 Å². The van der Waals surface area contributed by atoms with E-state index in [0.29, 0.717) is 32.4 Å². The van der Waals surface area contributed by atoms with Crippen LogP contribution in [0.4, 0.5) is 0 Å². The number of rotatable bonds is 7. The summed E-state index contributed by atoms with van der Waals surface area (Å²) in [5.41, 5.74) is 7.81. The zero-order valence-electron chi connectivity index (χ0n) is 13.6. The van der Waals surface area contributed by atoms with E-state index < -0.39 is 0 Å². The Labute approximate surface area is 144 Å². The van der Waals surface area contributed by atoms with Gasteiger partial charge in [0.15, 0.2) is 0 Å². The van der Waals surface area contributed by atoms with E-state index in [4.69, 9.17) is 5.73 Å². The first-order chi connectivity index (χ1) is 10.5. The molecule has 1 aromatic carbocycles. The Kier molecular flexibility index (Phi) is 8.06. The minimum absolute atomic E-state index is 0. The number of nitrogens with two attached hydrogens (primary N) is 1.